The number of hydrogen-bond acceptors (Lipinski definition) is 4. The molecule has 0 aliphatic carbocycles. The molecule has 1 atom stereocenters. The molecule has 1 unspecified atom stereocenters. The van der Waals surface area contributed by atoms with Crippen LogP contribution in [-0.2, 0) is 9.84 Å². The minimum Gasteiger partial charge on any atom is -0.496 e. The summed E-state index contributed by atoms with van der Waals surface area (Å²) < 4.78 is 27.1. The van der Waals surface area contributed by atoms with Crippen LogP contribution in [0.4, 0.5) is 0 Å². The van der Waals surface area contributed by atoms with E-state index in [2.05, 4.69) is 0 Å². The van der Waals surface area contributed by atoms with Gasteiger partial charge in [-0.1, -0.05) is 18.2 Å². The van der Waals surface area contributed by atoms with Crippen molar-refractivity contribution in [2.24, 2.45) is 0 Å². The van der Waals surface area contributed by atoms with Crippen LogP contribution in [0.1, 0.15) is 11.7 Å². The van der Waals surface area contributed by atoms with Crippen LogP contribution in [-0.4, -0.2) is 32.6 Å². The minimum absolute atomic E-state index is 0.298. The number of methoxy groups -OCH3 is 1. The Morgan fingerprint density at radius 1 is 1.40 bits per heavy atom. The number of rotatable bonds is 4. The Labute approximate surface area is 89.4 Å². The molecule has 0 saturated carbocycles. The predicted octanol–water partition coefficient (Wildman–Crippen LogP) is 0.773. The first-order chi connectivity index (χ1) is 6.94. The molecule has 0 aromatic heterocycles. The van der Waals surface area contributed by atoms with Crippen molar-refractivity contribution < 1.29 is 18.3 Å². The molecule has 1 aromatic rings. The average Bonchev–Trinajstić information content (AvgIpc) is 2.15. The number of aliphatic hydroxyl groups is 1. The molecule has 84 valence electrons. The second-order valence-electron chi connectivity index (χ2n) is 3.35. The quantitative estimate of drug-likeness (QED) is 0.830. The number of ether oxygens (including phenoxy) is 1. The van der Waals surface area contributed by atoms with Crippen LogP contribution >= 0.6 is 0 Å². The first kappa shape index (κ1) is 12.0. The van der Waals surface area contributed by atoms with E-state index in [1.54, 1.807) is 24.3 Å². The zero-order chi connectivity index (χ0) is 11.5. The molecule has 1 rings (SSSR count). The van der Waals surface area contributed by atoms with Gasteiger partial charge in [-0.25, -0.2) is 8.42 Å². The van der Waals surface area contributed by atoms with Gasteiger partial charge in [0.25, 0.3) is 0 Å². The second-order valence-corrected chi connectivity index (χ2v) is 5.54. The monoisotopic (exact) mass is 230 g/mol. The van der Waals surface area contributed by atoms with Crippen molar-refractivity contribution in [1.29, 1.82) is 0 Å². The zero-order valence-corrected chi connectivity index (χ0v) is 9.49. The molecule has 5 heteroatoms. The van der Waals surface area contributed by atoms with Crippen LogP contribution in [0.2, 0.25) is 0 Å². The standard InChI is InChI=1S/C10H14O4S/c1-14-10-6-4-3-5-8(10)9(11)7-15(2,12)13/h3-6,9,11H,7H2,1-2H3. The van der Waals surface area contributed by atoms with E-state index < -0.39 is 15.9 Å². The molecule has 0 saturated heterocycles. The van der Waals surface area contributed by atoms with Gasteiger partial charge in [0.1, 0.15) is 15.6 Å². The summed E-state index contributed by atoms with van der Waals surface area (Å²) in [4.78, 5) is 0. The van der Waals surface area contributed by atoms with Gasteiger partial charge < -0.3 is 9.84 Å². The van der Waals surface area contributed by atoms with E-state index in [1.807, 2.05) is 0 Å². The summed E-state index contributed by atoms with van der Waals surface area (Å²) in [5, 5.41) is 9.71. The predicted molar refractivity (Wildman–Crippen MR) is 57.7 cm³/mol. The number of para-hydroxylation sites is 1. The molecule has 0 spiro atoms. The van der Waals surface area contributed by atoms with Crippen LogP contribution in [0.3, 0.4) is 0 Å². The molecule has 0 aliphatic rings. The normalized spacial score (nSPS) is 13.5. The minimum atomic E-state index is -3.20. The maximum absolute atomic E-state index is 11.0. The highest BCUT2D eigenvalue weighted by atomic mass is 32.2. The summed E-state index contributed by atoms with van der Waals surface area (Å²) in [6.07, 6.45) is 0.0437. The molecule has 1 aromatic carbocycles. The van der Waals surface area contributed by atoms with Crippen molar-refractivity contribution in [3.63, 3.8) is 0 Å². The third-order valence-electron chi connectivity index (χ3n) is 1.96. The number of sulfone groups is 1. The molecule has 0 fully saturated rings. The van der Waals surface area contributed by atoms with Crippen LogP contribution in [0.25, 0.3) is 0 Å². The van der Waals surface area contributed by atoms with E-state index in [0.29, 0.717) is 11.3 Å². The number of hydrogen-bond donors (Lipinski definition) is 1. The van der Waals surface area contributed by atoms with Crippen molar-refractivity contribution in [2.45, 2.75) is 6.10 Å². The van der Waals surface area contributed by atoms with Crippen molar-refractivity contribution in [1.82, 2.24) is 0 Å². The van der Waals surface area contributed by atoms with E-state index in [1.165, 1.54) is 7.11 Å². The molecular formula is C10H14O4S. The Bertz CT molecular complexity index is 425. The van der Waals surface area contributed by atoms with Crippen molar-refractivity contribution in [3.8, 4) is 5.75 Å². The Morgan fingerprint density at radius 2 is 2.00 bits per heavy atom. The van der Waals surface area contributed by atoms with Gasteiger partial charge in [0.15, 0.2) is 0 Å². The summed E-state index contributed by atoms with van der Waals surface area (Å²) in [7, 11) is -1.72. The van der Waals surface area contributed by atoms with Crippen molar-refractivity contribution in [3.05, 3.63) is 29.8 Å². The lowest BCUT2D eigenvalue weighted by Gasteiger charge is -2.13. The lowest BCUT2D eigenvalue weighted by molar-refractivity contribution is 0.197. The fourth-order valence-electron chi connectivity index (χ4n) is 1.32. The summed E-state index contributed by atoms with van der Waals surface area (Å²) in [6, 6.07) is 6.81. The molecule has 0 radical (unpaired) electrons. The van der Waals surface area contributed by atoms with E-state index in [0.717, 1.165) is 6.26 Å². The van der Waals surface area contributed by atoms with Crippen LogP contribution < -0.4 is 4.74 Å². The fourth-order valence-corrected chi connectivity index (χ4v) is 2.07. The SMILES string of the molecule is COc1ccccc1C(O)CS(C)(=O)=O. The van der Waals surface area contributed by atoms with E-state index in [-0.39, 0.29) is 5.75 Å². The average molecular weight is 230 g/mol. The largest absolute Gasteiger partial charge is 0.496 e. The van der Waals surface area contributed by atoms with Gasteiger partial charge in [0.2, 0.25) is 0 Å². The highest BCUT2D eigenvalue weighted by molar-refractivity contribution is 7.90. The van der Waals surface area contributed by atoms with Crippen LogP contribution in [0, 0.1) is 0 Å². The Balaban J connectivity index is 2.95. The molecule has 0 amide bonds. The van der Waals surface area contributed by atoms with Crippen LogP contribution in [0.5, 0.6) is 5.75 Å². The van der Waals surface area contributed by atoms with Crippen LogP contribution in [0.15, 0.2) is 24.3 Å². The zero-order valence-electron chi connectivity index (χ0n) is 8.67. The molecule has 0 bridgehead atoms. The smallest absolute Gasteiger partial charge is 0.150 e. The highest BCUT2D eigenvalue weighted by Gasteiger charge is 2.17. The fraction of sp³-hybridized carbons (Fsp3) is 0.400. The van der Waals surface area contributed by atoms with Crippen molar-refractivity contribution >= 4 is 9.84 Å². The van der Waals surface area contributed by atoms with Crippen molar-refractivity contribution in [2.75, 3.05) is 19.1 Å². The summed E-state index contributed by atoms with van der Waals surface area (Å²) in [5.74, 6) is 0.196. The lowest BCUT2D eigenvalue weighted by atomic mass is 10.1. The molecular weight excluding hydrogens is 216 g/mol. The first-order valence-electron chi connectivity index (χ1n) is 4.43. The maximum Gasteiger partial charge on any atom is 0.150 e. The molecule has 15 heavy (non-hydrogen) atoms. The Hall–Kier alpha value is -1.07. The first-order valence-corrected chi connectivity index (χ1v) is 6.49. The Morgan fingerprint density at radius 3 is 2.53 bits per heavy atom. The third kappa shape index (κ3) is 3.53. The van der Waals surface area contributed by atoms with Gasteiger partial charge in [0, 0.05) is 11.8 Å². The molecule has 1 N–H and O–H groups in total. The summed E-state index contributed by atoms with van der Waals surface area (Å²) in [6.45, 7) is 0. The van der Waals surface area contributed by atoms with Gasteiger partial charge in [0.05, 0.1) is 19.0 Å². The number of aliphatic hydroxyl groups excluding tert-OH is 1. The summed E-state index contributed by atoms with van der Waals surface area (Å²) >= 11 is 0. The van der Waals surface area contributed by atoms with Gasteiger partial charge in [-0.3, -0.25) is 0 Å². The highest BCUT2D eigenvalue weighted by Crippen LogP contribution is 2.25. The molecule has 0 heterocycles. The van der Waals surface area contributed by atoms with E-state index in [9.17, 15) is 13.5 Å². The Kier molecular flexibility index (Phi) is 3.71. The lowest BCUT2D eigenvalue weighted by Crippen LogP contribution is -2.13. The van der Waals surface area contributed by atoms with Gasteiger partial charge in [-0.15, -0.1) is 0 Å². The van der Waals surface area contributed by atoms with Gasteiger partial charge in [-0.05, 0) is 6.07 Å². The maximum atomic E-state index is 11.0. The molecule has 0 aliphatic heterocycles. The molecule has 4 nitrogen and oxygen atoms in total. The number of benzene rings is 1. The van der Waals surface area contributed by atoms with Gasteiger partial charge in [-0.2, -0.15) is 0 Å². The third-order valence-corrected chi connectivity index (χ3v) is 2.88. The van der Waals surface area contributed by atoms with E-state index >= 15 is 0 Å². The topological polar surface area (TPSA) is 63.6 Å². The second kappa shape index (κ2) is 4.63. The van der Waals surface area contributed by atoms with Gasteiger partial charge >= 0.3 is 0 Å². The van der Waals surface area contributed by atoms with E-state index in [4.69, 9.17) is 4.74 Å². The summed E-state index contributed by atoms with van der Waals surface area (Å²) in [5.41, 5.74) is 0.491.